The van der Waals surface area contributed by atoms with E-state index in [4.69, 9.17) is 9.84 Å². The first-order valence-corrected chi connectivity index (χ1v) is 12.3. The number of carboxylic acids is 1. The Hall–Kier alpha value is -1.77. The molecular formula is C27H40O3. The molecule has 0 aromatic heterocycles. The lowest BCUT2D eigenvalue weighted by Crippen LogP contribution is -2.27. The molecule has 2 aliphatic carbocycles. The minimum absolute atomic E-state index is 0.679. The Morgan fingerprint density at radius 2 is 1.53 bits per heavy atom. The molecule has 3 nitrogen and oxygen atoms in total. The van der Waals surface area contributed by atoms with Crippen LogP contribution in [-0.4, -0.2) is 17.7 Å². The summed E-state index contributed by atoms with van der Waals surface area (Å²) in [5.41, 5.74) is 0.880. The number of rotatable bonds is 10. The Morgan fingerprint density at radius 3 is 2.10 bits per heavy atom. The number of ether oxygens (including phenoxy) is 1. The van der Waals surface area contributed by atoms with Crippen LogP contribution in [0.15, 0.2) is 30.3 Å². The molecule has 2 fully saturated rings. The maximum Gasteiger partial charge on any atom is 0.328 e. The van der Waals surface area contributed by atoms with Crippen molar-refractivity contribution in [2.75, 3.05) is 6.61 Å². The van der Waals surface area contributed by atoms with Crippen molar-refractivity contribution in [2.45, 2.75) is 84.0 Å². The quantitative estimate of drug-likeness (QED) is 0.322. The van der Waals surface area contributed by atoms with Crippen molar-refractivity contribution < 1.29 is 14.6 Å². The normalized spacial score (nSPS) is 27.2. The molecule has 0 unspecified atom stereocenters. The van der Waals surface area contributed by atoms with Crippen molar-refractivity contribution >= 4 is 12.0 Å². The number of hydrogen-bond donors (Lipinski definition) is 1. The predicted molar refractivity (Wildman–Crippen MR) is 124 cm³/mol. The molecule has 0 amide bonds. The highest BCUT2D eigenvalue weighted by molar-refractivity contribution is 5.85. The molecule has 30 heavy (non-hydrogen) atoms. The van der Waals surface area contributed by atoms with Gasteiger partial charge in [0.1, 0.15) is 5.75 Å². The van der Waals surface area contributed by atoms with E-state index in [9.17, 15) is 4.79 Å². The van der Waals surface area contributed by atoms with E-state index in [0.717, 1.165) is 41.7 Å². The van der Waals surface area contributed by atoms with Gasteiger partial charge in [0.05, 0.1) is 6.61 Å². The van der Waals surface area contributed by atoms with Crippen LogP contribution in [0.5, 0.6) is 5.75 Å². The van der Waals surface area contributed by atoms with Crippen molar-refractivity contribution in [3.63, 3.8) is 0 Å². The highest BCUT2D eigenvalue weighted by Crippen LogP contribution is 2.42. The number of carbonyl (C=O) groups is 1. The van der Waals surface area contributed by atoms with Crippen LogP contribution in [-0.2, 0) is 4.79 Å². The summed E-state index contributed by atoms with van der Waals surface area (Å²) in [7, 11) is 0. The molecule has 0 bridgehead atoms. The van der Waals surface area contributed by atoms with Crippen molar-refractivity contribution in [3.05, 3.63) is 35.9 Å². The van der Waals surface area contributed by atoms with E-state index in [1.54, 1.807) is 6.08 Å². The lowest BCUT2D eigenvalue weighted by atomic mass is 9.69. The van der Waals surface area contributed by atoms with Gasteiger partial charge in [-0.2, -0.15) is 0 Å². The molecule has 2 saturated carbocycles. The van der Waals surface area contributed by atoms with Crippen molar-refractivity contribution in [2.24, 2.45) is 23.7 Å². The number of carboxylic acid groups (broad SMARTS) is 1. The molecule has 0 radical (unpaired) electrons. The van der Waals surface area contributed by atoms with Gasteiger partial charge >= 0.3 is 5.97 Å². The van der Waals surface area contributed by atoms with E-state index in [-0.39, 0.29) is 0 Å². The molecule has 1 N–H and O–H groups in total. The van der Waals surface area contributed by atoms with Gasteiger partial charge in [-0.15, -0.1) is 0 Å². The summed E-state index contributed by atoms with van der Waals surface area (Å²) < 4.78 is 6.03. The fourth-order valence-corrected chi connectivity index (χ4v) is 5.51. The third-order valence-corrected chi connectivity index (χ3v) is 7.45. The summed E-state index contributed by atoms with van der Waals surface area (Å²) in [5, 5.41) is 8.70. The summed E-state index contributed by atoms with van der Waals surface area (Å²) in [6, 6.07) is 7.69. The molecule has 0 spiro atoms. The van der Waals surface area contributed by atoms with Crippen molar-refractivity contribution in [1.82, 2.24) is 0 Å². The Balaban J connectivity index is 1.33. The topological polar surface area (TPSA) is 46.5 Å². The van der Waals surface area contributed by atoms with Crippen LogP contribution < -0.4 is 4.74 Å². The molecule has 1 aromatic carbocycles. The monoisotopic (exact) mass is 412 g/mol. The van der Waals surface area contributed by atoms with Crippen LogP contribution in [0.4, 0.5) is 0 Å². The van der Waals surface area contributed by atoms with Gasteiger partial charge in [-0.3, -0.25) is 0 Å². The van der Waals surface area contributed by atoms with E-state index in [2.05, 4.69) is 6.92 Å². The van der Waals surface area contributed by atoms with Crippen LogP contribution in [0, 0.1) is 23.7 Å². The minimum Gasteiger partial charge on any atom is -0.493 e. The van der Waals surface area contributed by atoms with Crippen LogP contribution in [0.2, 0.25) is 0 Å². The molecule has 0 heterocycles. The van der Waals surface area contributed by atoms with Crippen LogP contribution >= 0.6 is 0 Å². The molecule has 0 atom stereocenters. The number of hydrogen-bond acceptors (Lipinski definition) is 2. The Morgan fingerprint density at radius 1 is 0.933 bits per heavy atom. The SMILES string of the molecule is CCCCCC1CCC(C2CCC(COc3ccc(/C=C/C(=O)O)cc3)CC2)CC1. The zero-order valence-electron chi connectivity index (χ0n) is 18.7. The predicted octanol–water partition coefficient (Wildman–Crippen LogP) is 7.36. The number of aliphatic carboxylic acids is 1. The van der Waals surface area contributed by atoms with Gasteiger partial charge in [-0.1, -0.05) is 57.6 Å². The first kappa shape index (κ1) is 22.9. The van der Waals surface area contributed by atoms with Gasteiger partial charge in [0.15, 0.2) is 0 Å². The van der Waals surface area contributed by atoms with Gasteiger partial charge < -0.3 is 9.84 Å². The summed E-state index contributed by atoms with van der Waals surface area (Å²) in [5.74, 6) is 3.59. The fourth-order valence-electron chi connectivity index (χ4n) is 5.51. The van der Waals surface area contributed by atoms with Gasteiger partial charge in [-0.05, 0) is 86.0 Å². The smallest absolute Gasteiger partial charge is 0.328 e. The maximum absolute atomic E-state index is 10.6. The molecule has 1 aromatic rings. The summed E-state index contributed by atoms with van der Waals surface area (Å²) >= 11 is 0. The lowest BCUT2D eigenvalue weighted by molar-refractivity contribution is -0.131. The second-order valence-corrected chi connectivity index (χ2v) is 9.61. The third-order valence-electron chi connectivity index (χ3n) is 7.45. The lowest BCUT2D eigenvalue weighted by Gasteiger charge is -2.38. The second-order valence-electron chi connectivity index (χ2n) is 9.61. The largest absolute Gasteiger partial charge is 0.493 e. The molecular weight excluding hydrogens is 372 g/mol. The van der Waals surface area contributed by atoms with Gasteiger partial charge in [0.25, 0.3) is 0 Å². The first-order chi connectivity index (χ1) is 14.6. The van der Waals surface area contributed by atoms with E-state index in [0.29, 0.717) is 5.92 Å². The highest BCUT2D eigenvalue weighted by Gasteiger charge is 2.30. The number of benzene rings is 1. The third kappa shape index (κ3) is 7.49. The average Bonchev–Trinajstić information content (AvgIpc) is 2.78. The van der Waals surface area contributed by atoms with Crippen molar-refractivity contribution in [1.29, 1.82) is 0 Å². The van der Waals surface area contributed by atoms with Crippen LogP contribution in [0.25, 0.3) is 6.08 Å². The zero-order chi connectivity index (χ0) is 21.2. The summed E-state index contributed by atoms with van der Waals surface area (Å²) in [6.07, 6.45) is 19.7. The molecule has 2 aliphatic rings. The number of unbranched alkanes of at least 4 members (excludes halogenated alkanes) is 2. The van der Waals surface area contributed by atoms with Gasteiger partial charge in [0, 0.05) is 6.08 Å². The Bertz CT molecular complexity index is 647. The molecule has 0 saturated heterocycles. The van der Waals surface area contributed by atoms with Crippen LogP contribution in [0.3, 0.4) is 0 Å². The fraction of sp³-hybridized carbons (Fsp3) is 0.667. The second kappa shape index (κ2) is 12.2. The average molecular weight is 413 g/mol. The maximum atomic E-state index is 10.6. The molecule has 3 rings (SSSR count). The molecule has 3 heteroatoms. The Kier molecular flexibility index (Phi) is 9.29. The van der Waals surface area contributed by atoms with E-state index < -0.39 is 5.97 Å². The molecule has 166 valence electrons. The minimum atomic E-state index is -0.925. The molecule has 0 aliphatic heterocycles. The van der Waals surface area contributed by atoms with Gasteiger partial charge in [-0.25, -0.2) is 4.79 Å². The van der Waals surface area contributed by atoms with Crippen molar-refractivity contribution in [3.8, 4) is 5.75 Å². The summed E-state index contributed by atoms with van der Waals surface area (Å²) in [4.78, 5) is 10.6. The first-order valence-electron chi connectivity index (χ1n) is 12.3. The Labute approximate surface area is 182 Å². The zero-order valence-corrected chi connectivity index (χ0v) is 18.7. The summed E-state index contributed by atoms with van der Waals surface area (Å²) in [6.45, 7) is 3.11. The highest BCUT2D eigenvalue weighted by atomic mass is 16.5. The van der Waals surface area contributed by atoms with Gasteiger partial charge in [0.2, 0.25) is 0 Å². The van der Waals surface area contributed by atoms with E-state index in [1.807, 2.05) is 24.3 Å². The van der Waals surface area contributed by atoms with E-state index >= 15 is 0 Å². The van der Waals surface area contributed by atoms with Crippen LogP contribution in [0.1, 0.15) is 89.5 Å². The standard InChI is InChI=1S/C27H40O3/c1-2-3-4-5-21-6-13-24(14-7-21)25-15-8-23(9-16-25)20-30-26-17-10-22(11-18-26)12-19-27(28)29/h10-12,17-19,21,23-25H,2-9,13-16,20H2,1H3,(H,28,29)/b19-12+. The van der Waals surface area contributed by atoms with E-state index in [1.165, 1.54) is 77.0 Å².